The number of hydrogen-bond donors (Lipinski definition) is 2. The number of ether oxygens (including phenoxy) is 2. The molecule has 0 heterocycles. The lowest BCUT2D eigenvalue weighted by molar-refractivity contribution is 0.0287. The summed E-state index contributed by atoms with van der Waals surface area (Å²) in [5.41, 5.74) is 0.696. The van der Waals surface area contributed by atoms with Gasteiger partial charge in [0, 0.05) is 37.9 Å². The fourth-order valence-electron chi connectivity index (χ4n) is 1.48. The van der Waals surface area contributed by atoms with Crippen LogP contribution >= 0.6 is 11.6 Å². The third-order valence-corrected chi connectivity index (χ3v) is 2.81. The van der Waals surface area contributed by atoms with Crippen LogP contribution in [0.3, 0.4) is 0 Å². The zero-order chi connectivity index (χ0) is 12.7. The number of hydrogen-bond acceptors (Lipinski definition) is 4. The molecule has 0 aliphatic carbocycles. The molecule has 0 saturated heterocycles. The minimum Gasteiger partial charge on any atom is -0.508 e. The maximum atomic E-state index is 9.64. The molecule has 0 aliphatic heterocycles. The van der Waals surface area contributed by atoms with Crippen LogP contribution in [0.15, 0.2) is 18.2 Å². The SMILES string of the molecule is COCC(CNCc1c(O)cccc1Cl)OC. The van der Waals surface area contributed by atoms with Gasteiger partial charge in [-0.2, -0.15) is 0 Å². The number of nitrogens with one attached hydrogen (secondary N) is 1. The minimum atomic E-state index is -0.00960. The minimum absolute atomic E-state index is 0.00960. The first-order chi connectivity index (χ1) is 8.19. The highest BCUT2D eigenvalue weighted by atomic mass is 35.5. The van der Waals surface area contributed by atoms with Crippen molar-refractivity contribution >= 4 is 11.6 Å². The average Bonchev–Trinajstić information content (AvgIpc) is 2.31. The Morgan fingerprint density at radius 1 is 1.41 bits per heavy atom. The molecule has 96 valence electrons. The highest BCUT2D eigenvalue weighted by Crippen LogP contribution is 2.24. The zero-order valence-corrected chi connectivity index (χ0v) is 10.8. The van der Waals surface area contributed by atoms with Gasteiger partial charge in [0.05, 0.1) is 12.7 Å². The Kier molecular flexibility index (Phi) is 6.29. The fourth-order valence-corrected chi connectivity index (χ4v) is 1.71. The van der Waals surface area contributed by atoms with Gasteiger partial charge in [0.25, 0.3) is 0 Å². The molecular weight excluding hydrogens is 242 g/mol. The molecule has 1 aromatic rings. The van der Waals surface area contributed by atoms with E-state index in [1.807, 2.05) is 0 Å². The number of aromatic hydroxyl groups is 1. The van der Waals surface area contributed by atoms with Crippen LogP contribution in [0.25, 0.3) is 0 Å². The Balaban J connectivity index is 2.45. The Labute approximate surface area is 106 Å². The van der Waals surface area contributed by atoms with Crippen LogP contribution < -0.4 is 5.32 Å². The van der Waals surface area contributed by atoms with E-state index in [9.17, 15) is 5.11 Å². The third-order valence-electron chi connectivity index (χ3n) is 2.45. The second-order valence-electron chi connectivity index (χ2n) is 3.68. The van der Waals surface area contributed by atoms with Crippen molar-refractivity contribution in [3.05, 3.63) is 28.8 Å². The molecule has 1 atom stereocenters. The Hall–Kier alpha value is -0.810. The molecule has 1 unspecified atom stereocenters. The summed E-state index contributed by atoms with van der Waals surface area (Å²) in [6, 6.07) is 5.08. The molecule has 0 aliphatic rings. The van der Waals surface area contributed by atoms with Gasteiger partial charge in [0.1, 0.15) is 5.75 Å². The van der Waals surface area contributed by atoms with E-state index in [1.54, 1.807) is 32.4 Å². The summed E-state index contributed by atoms with van der Waals surface area (Å²) >= 11 is 5.98. The van der Waals surface area contributed by atoms with E-state index in [0.717, 1.165) is 0 Å². The number of methoxy groups -OCH3 is 2. The van der Waals surface area contributed by atoms with Crippen LogP contribution in [0.2, 0.25) is 5.02 Å². The monoisotopic (exact) mass is 259 g/mol. The molecule has 0 bridgehead atoms. The van der Waals surface area contributed by atoms with Crippen LogP contribution in [0, 0.1) is 0 Å². The standard InChI is InChI=1S/C12H18ClNO3/c1-16-8-9(17-2)6-14-7-10-11(13)4-3-5-12(10)15/h3-5,9,14-15H,6-8H2,1-2H3. The summed E-state index contributed by atoms with van der Waals surface area (Å²) in [6.45, 7) is 1.65. The molecule has 1 aromatic carbocycles. The number of phenols is 1. The van der Waals surface area contributed by atoms with Crippen LogP contribution in [-0.2, 0) is 16.0 Å². The summed E-state index contributed by atoms with van der Waals surface area (Å²) in [5, 5.41) is 13.4. The number of phenolic OH excluding ortho intramolecular Hbond substituents is 1. The second kappa shape index (κ2) is 7.50. The second-order valence-corrected chi connectivity index (χ2v) is 4.09. The predicted octanol–water partition coefficient (Wildman–Crippen LogP) is 1.80. The van der Waals surface area contributed by atoms with Crippen LogP contribution in [0.4, 0.5) is 0 Å². The van der Waals surface area contributed by atoms with Crippen molar-refractivity contribution in [3.63, 3.8) is 0 Å². The van der Waals surface area contributed by atoms with Gasteiger partial charge in [0.2, 0.25) is 0 Å². The average molecular weight is 260 g/mol. The maximum Gasteiger partial charge on any atom is 0.121 e. The van der Waals surface area contributed by atoms with Gasteiger partial charge >= 0.3 is 0 Å². The Bertz CT molecular complexity index is 326. The van der Waals surface area contributed by atoms with Gasteiger partial charge in [-0.1, -0.05) is 17.7 Å². The molecule has 5 heteroatoms. The van der Waals surface area contributed by atoms with E-state index in [4.69, 9.17) is 21.1 Å². The lowest BCUT2D eigenvalue weighted by Crippen LogP contribution is -2.31. The lowest BCUT2D eigenvalue weighted by atomic mass is 10.2. The molecule has 1 rings (SSSR count). The fraction of sp³-hybridized carbons (Fsp3) is 0.500. The van der Waals surface area contributed by atoms with Crippen molar-refractivity contribution in [2.75, 3.05) is 27.4 Å². The largest absolute Gasteiger partial charge is 0.508 e. The van der Waals surface area contributed by atoms with Crippen molar-refractivity contribution in [3.8, 4) is 5.75 Å². The number of benzene rings is 1. The van der Waals surface area contributed by atoms with Gasteiger partial charge < -0.3 is 19.9 Å². The molecule has 0 radical (unpaired) electrons. The topological polar surface area (TPSA) is 50.7 Å². The van der Waals surface area contributed by atoms with Crippen molar-refractivity contribution in [2.24, 2.45) is 0 Å². The summed E-state index contributed by atoms with van der Waals surface area (Å²) in [4.78, 5) is 0. The van der Waals surface area contributed by atoms with E-state index in [2.05, 4.69) is 5.32 Å². The first kappa shape index (κ1) is 14.3. The highest BCUT2D eigenvalue weighted by Gasteiger charge is 2.09. The van der Waals surface area contributed by atoms with Gasteiger partial charge in [-0.25, -0.2) is 0 Å². The van der Waals surface area contributed by atoms with E-state index >= 15 is 0 Å². The molecule has 2 N–H and O–H groups in total. The maximum absolute atomic E-state index is 9.64. The van der Waals surface area contributed by atoms with Crippen LogP contribution in [0.1, 0.15) is 5.56 Å². The third kappa shape index (κ3) is 4.52. The van der Waals surface area contributed by atoms with Gasteiger partial charge in [-0.3, -0.25) is 0 Å². The first-order valence-corrected chi connectivity index (χ1v) is 5.75. The van der Waals surface area contributed by atoms with E-state index in [-0.39, 0.29) is 11.9 Å². The number of rotatable bonds is 7. The quantitative estimate of drug-likeness (QED) is 0.784. The Morgan fingerprint density at radius 3 is 2.76 bits per heavy atom. The molecule has 0 spiro atoms. The molecular formula is C12H18ClNO3. The Morgan fingerprint density at radius 2 is 2.18 bits per heavy atom. The van der Waals surface area contributed by atoms with E-state index in [1.165, 1.54) is 0 Å². The summed E-state index contributed by atoms with van der Waals surface area (Å²) < 4.78 is 10.2. The van der Waals surface area contributed by atoms with E-state index < -0.39 is 0 Å². The van der Waals surface area contributed by atoms with Crippen LogP contribution in [-0.4, -0.2) is 38.6 Å². The zero-order valence-electron chi connectivity index (χ0n) is 10.1. The van der Waals surface area contributed by atoms with Crippen molar-refractivity contribution < 1.29 is 14.6 Å². The number of halogens is 1. The molecule has 0 fully saturated rings. The predicted molar refractivity (Wildman–Crippen MR) is 67.5 cm³/mol. The van der Waals surface area contributed by atoms with Crippen molar-refractivity contribution in [1.82, 2.24) is 5.32 Å². The van der Waals surface area contributed by atoms with E-state index in [0.29, 0.717) is 30.3 Å². The van der Waals surface area contributed by atoms with Crippen LogP contribution in [0.5, 0.6) is 5.75 Å². The summed E-state index contributed by atoms with van der Waals surface area (Å²) in [7, 11) is 3.27. The van der Waals surface area contributed by atoms with Gasteiger partial charge in [-0.15, -0.1) is 0 Å². The first-order valence-electron chi connectivity index (χ1n) is 5.37. The molecule has 17 heavy (non-hydrogen) atoms. The van der Waals surface area contributed by atoms with Gasteiger partial charge in [0.15, 0.2) is 0 Å². The molecule has 0 aromatic heterocycles. The summed E-state index contributed by atoms with van der Waals surface area (Å²) in [6.07, 6.45) is -0.00960. The van der Waals surface area contributed by atoms with Crippen molar-refractivity contribution in [2.45, 2.75) is 12.6 Å². The lowest BCUT2D eigenvalue weighted by Gasteiger charge is -2.15. The highest BCUT2D eigenvalue weighted by molar-refractivity contribution is 6.31. The normalized spacial score (nSPS) is 12.6. The van der Waals surface area contributed by atoms with Crippen molar-refractivity contribution in [1.29, 1.82) is 0 Å². The smallest absolute Gasteiger partial charge is 0.121 e. The molecule has 4 nitrogen and oxygen atoms in total. The molecule has 0 saturated carbocycles. The van der Waals surface area contributed by atoms with Gasteiger partial charge in [-0.05, 0) is 12.1 Å². The molecule has 0 amide bonds. The summed E-state index contributed by atoms with van der Waals surface area (Å²) in [5.74, 6) is 0.200.